The number of ether oxygens (including phenoxy) is 1. The molecule has 7 heteroatoms. The van der Waals surface area contributed by atoms with Crippen LogP contribution >= 0.6 is 12.2 Å². The lowest BCUT2D eigenvalue weighted by atomic mass is 10.1. The largest absolute Gasteiger partial charge is 0.573 e. The van der Waals surface area contributed by atoms with Gasteiger partial charge >= 0.3 is 6.36 Å². The number of alkyl halides is 3. The zero-order chi connectivity index (χ0) is 19.0. The van der Waals surface area contributed by atoms with Crippen molar-refractivity contribution in [1.29, 1.82) is 0 Å². The first-order chi connectivity index (χ1) is 12.4. The van der Waals surface area contributed by atoms with Crippen molar-refractivity contribution in [2.24, 2.45) is 0 Å². The number of anilines is 1. The van der Waals surface area contributed by atoms with Gasteiger partial charge in [0, 0.05) is 12.2 Å². The van der Waals surface area contributed by atoms with Crippen molar-refractivity contribution >= 4 is 23.0 Å². The molecular formula is C19H21F3N2OS. The fourth-order valence-electron chi connectivity index (χ4n) is 2.35. The lowest BCUT2D eigenvalue weighted by Crippen LogP contribution is -2.27. The molecule has 2 aromatic carbocycles. The van der Waals surface area contributed by atoms with E-state index in [1.807, 2.05) is 12.1 Å². The van der Waals surface area contributed by atoms with Crippen molar-refractivity contribution < 1.29 is 17.9 Å². The van der Waals surface area contributed by atoms with Crippen molar-refractivity contribution in [2.45, 2.75) is 39.1 Å². The number of hydrogen-bond acceptors (Lipinski definition) is 2. The maximum atomic E-state index is 12.3. The number of thiocarbonyl (C=S) groups is 1. The highest BCUT2D eigenvalue weighted by Crippen LogP contribution is 2.23. The highest BCUT2D eigenvalue weighted by molar-refractivity contribution is 7.80. The monoisotopic (exact) mass is 382 g/mol. The number of aryl methyl sites for hydroxylation is 1. The summed E-state index contributed by atoms with van der Waals surface area (Å²) in [7, 11) is 0. The molecule has 0 aromatic heterocycles. The first kappa shape index (κ1) is 20.0. The van der Waals surface area contributed by atoms with Gasteiger partial charge in [-0.05, 0) is 60.5 Å². The van der Waals surface area contributed by atoms with Gasteiger partial charge < -0.3 is 15.4 Å². The van der Waals surface area contributed by atoms with E-state index in [2.05, 4.69) is 34.4 Å². The minimum Gasteiger partial charge on any atom is -0.406 e. The van der Waals surface area contributed by atoms with Gasteiger partial charge in [-0.1, -0.05) is 37.6 Å². The number of nitrogens with one attached hydrogen (secondary N) is 2. The summed E-state index contributed by atoms with van der Waals surface area (Å²) >= 11 is 5.23. The molecule has 2 rings (SSSR count). The zero-order valence-corrected chi connectivity index (χ0v) is 15.2. The van der Waals surface area contributed by atoms with Crippen LogP contribution in [0.1, 0.15) is 30.9 Å². The molecule has 0 heterocycles. The molecule has 0 atom stereocenters. The number of halogens is 3. The van der Waals surface area contributed by atoms with E-state index in [0.717, 1.165) is 24.9 Å². The average Bonchev–Trinajstić information content (AvgIpc) is 2.58. The minimum absolute atomic E-state index is 0.252. The Hall–Kier alpha value is -2.28. The van der Waals surface area contributed by atoms with E-state index in [4.69, 9.17) is 12.2 Å². The van der Waals surface area contributed by atoms with Gasteiger partial charge in [0.2, 0.25) is 0 Å². The van der Waals surface area contributed by atoms with Gasteiger partial charge in [0.1, 0.15) is 5.75 Å². The Morgan fingerprint density at radius 3 is 2.46 bits per heavy atom. The van der Waals surface area contributed by atoms with Gasteiger partial charge in [-0.15, -0.1) is 13.2 Å². The van der Waals surface area contributed by atoms with Gasteiger partial charge in [0.15, 0.2) is 5.11 Å². The molecule has 0 saturated carbocycles. The van der Waals surface area contributed by atoms with Crippen LogP contribution in [0.25, 0.3) is 0 Å². The topological polar surface area (TPSA) is 33.3 Å². The fourth-order valence-corrected chi connectivity index (χ4v) is 2.54. The van der Waals surface area contributed by atoms with Crippen LogP contribution in [-0.4, -0.2) is 11.5 Å². The molecule has 0 aliphatic rings. The third kappa shape index (κ3) is 7.31. The summed E-state index contributed by atoms with van der Waals surface area (Å²) in [5, 5.41) is 6.42. The van der Waals surface area contributed by atoms with Gasteiger partial charge in [0.25, 0.3) is 0 Å². The minimum atomic E-state index is -4.70. The molecule has 3 nitrogen and oxygen atoms in total. The van der Waals surface area contributed by atoms with Crippen molar-refractivity contribution in [3.63, 3.8) is 0 Å². The van der Waals surface area contributed by atoms with Crippen molar-refractivity contribution in [3.05, 3.63) is 59.7 Å². The molecule has 140 valence electrons. The number of unbranched alkanes of at least 4 members (excludes halogenated alkanes) is 1. The third-order valence-electron chi connectivity index (χ3n) is 3.62. The van der Waals surface area contributed by atoms with E-state index in [1.165, 1.54) is 23.8 Å². The molecule has 0 spiro atoms. The van der Waals surface area contributed by atoms with E-state index in [1.54, 1.807) is 6.07 Å². The summed E-state index contributed by atoms with van der Waals surface area (Å²) in [4.78, 5) is 0. The highest BCUT2D eigenvalue weighted by atomic mass is 32.1. The molecule has 26 heavy (non-hydrogen) atoms. The lowest BCUT2D eigenvalue weighted by Gasteiger charge is -2.13. The summed E-state index contributed by atoms with van der Waals surface area (Å²) in [6.45, 7) is 2.44. The third-order valence-corrected chi connectivity index (χ3v) is 3.86. The van der Waals surface area contributed by atoms with E-state index in [0.29, 0.717) is 10.7 Å². The molecule has 2 N–H and O–H groups in total. The SMILES string of the molecule is CCCCc1ccc(NC(=S)NCc2cccc(OC(F)(F)F)c2)cc1. The smallest absolute Gasteiger partial charge is 0.406 e. The first-order valence-electron chi connectivity index (χ1n) is 8.34. The van der Waals surface area contributed by atoms with Gasteiger partial charge in [-0.2, -0.15) is 0 Å². The average molecular weight is 382 g/mol. The predicted molar refractivity (Wildman–Crippen MR) is 101 cm³/mol. The molecule has 0 bridgehead atoms. The number of benzene rings is 2. The van der Waals surface area contributed by atoms with Crippen LogP contribution in [0.15, 0.2) is 48.5 Å². The standard InChI is InChI=1S/C19H21F3N2OS/c1-2-3-5-14-8-10-16(11-9-14)24-18(26)23-13-15-6-4-7-17(12-15)25-19(20,21)22/h4,6-12H,2-3,5,13H2,1H3,(H2,23,24,26). The molecule has 2 aromatic rings. The van der Waals surface area contributed by atoms with E-state index in [-0.39, 0.29) is 12.3 Å². The second kappa shape index (κ2) is 9.43. The molecule has 0 amide bonds. The quantitative estimate of drug-likeness (QED) is 0.627. The molecule has 0 unspecified atom stereocenters. The summed E-state index contributed by atoms with van der Waals surface area (Å²) in [5.74, 6) is -0.252. The van der Waals surface area contributed by atoms with Crippen LogP contribution in [-0.2, 0) is 13.0 Å². The van der Waals surface area contributed by atoms with Crippen molar-refractivity contribution in [3.8, 4) is 5.75 Å². The van der Waals surface area contributed by atoms with Crippen molar-refractivity contribution in [1.82, 2.24) is 5.32 Å². The van der Waals surface area contributed by atoms with Crippen LogP contribution in [0, 0.1) is 0 Å². The van der Waals surface area contributed by atoms with Gasteiger partial charge in [-0.25, -0.2) is 0 Å². The Morgan fingerprint density at radius 2 is 1.81 bits per heavy atom. The Bertz CT molecular complexity index is 717. The normalized spacial score (nSPS) is 11.1. The zero-order valence-electron chi connectivity index (χ0n) is 14.4. The van der Waals surface area contributed by atoms with E-state index >= 15 is 0 Å². The molecule has 0 fully saturated rings. The molecule has 0 radical (unpaired) electrons. The number of hydrogen-bond donors (Lipinski definition) is 2. The Kier molecular flexibility index (Phi) is 7.26. The summed E-state index contributed by atoms with van der Waals surface area (Å²) in [6.07, 6.45) is -1.34. The fraction of sp³-hybridized carbons (Fsp3) is 0.316. The highest BCUT2D eigenvalue weighted by Gasteiger charge is 2.31. The van der Waals surface area contributed by atoms with E-state index in [9.17, 15) is 13.2 Å². The van der Waals surface area contributed by atoms with E-state index < -0.39 is 6.36 Å². The Labute approximate surface area is 156 Å². The molecular weight excluding hydrogens is 361 g/mol. The van der Waals surface area contributed by atoms with Gasteiger partial charge in [-0.3, -0.25) is 0 Å². The van der Waals surface area contributed by atoms with Crippen LogP contribution in [0.2, 0.25) is 0 Å². The number of rotatable bonds is 7. The molecule has 0 aliphatic carbocycles. The summed E-state index contributed by atoms with van der Waals surface area (Å²) < 4.78 is 40.7. The second-order valence-electron chi connectivity index (χ2n) is 5.80. The van der Waals surface area contributed by atoms with Crippen LogP contribution < -0.4 is 15.4 Å². The molecule has 0 aliphatic heterocycles. The summed E-state index contributed by atoms with van der Waals surface area (Å²) in [6, 6.07) is 13.8. The van der Waals surface area contributed by atoms with Crippen LogP contribution in [0.4, 0.5) is 18.9 Å². The van der Waals surface area contributed by atoms with Crippen LogP contribution in [0.3, 0.4) is 0 Å². The Morgan fingerprint density at radius 1 is 1.08 bits per heavy atom. The first-order valence-corrected chi connectivity index (χ1v) is 8.75. The lowest BCUT2D eigenvalue weighted by molar-refractivity contribution is -0.274. The predicted octanol–water partition coefficient (Wildman–Crippen LogP) is 5.41. The maximum absolute atomic E-state index is 12.3. The second-order valence-corrected chi connectivity index (χ2v) is 6.21. The van der Waals surface area contributed by atoms with Gasteiger partial charge in [0.05, 0.1) is 0 Å². The van der Waals surface area contributed by atoms with Crippen LogP contribution in [0.5, 0.6) is 5.75 Å². The maximum Gasteiger partial charge on any atom is 0.573 e. The summed E-state index contributed by atoms with van der Waals surface area (Å²) in [5.41, 5.74) is 2.76. The molecule has 0 saturated heterocycles. The Balaban J connectivity index is 1.84. The van der Waals surface area contributed by atoms with Crippen molar-refractivity contribution in [2.75, 3.05) is 5.32 Å².